The van der Waals surface area contributed by atoms with Gasteiger partial charge in [-0.25, -0.2) is 4.79 Å². The highest BCUT2D eigenvalue weighted by Crippen LogP contribution is 2.30. The van der Waals surface area contributed by atoms with E-state index in [9.17, 15) is 19.7 Å². The summed E-state index contributed by atoms with van der Waals surface area (Å²) in [5.41, 5.74) is -0.132. The first kappa shape index (κ1) is 22.6. The molecule has 9 heteroatoms. The number of carbonyl (C=O) groups excluding carboxylic acids is 2. The number of rotatable bonds is 7. The number of methoxy groups -OCH3 is 1. The average molecular weight is 408 g/mol. The fourth-order valence-corrected chi connectivity index (χ4v) is 3.17. The quantitative estimate of drug-likeness (QED) is 0.385. The van der Waals surface area contributed by atoms with Gasteiger partial charge < -0.3 is 14.2 Å². The molecule has 0 aromatic heterocycles. The van der Waals surface area contributed by atoms with Crippen molar-refractivity contribution in [3.63, 3.8) is 0 Å². The molecule has 1 atom stereocenters. The van der Waals surface area contributed by atoms with Gasteiger partial charge in [-0.2, -0.15) is 0 Å². The van der Waals surface area contributed by atoms with Crippen LogP contribution in [-0.2, 0) is 25.6 Å². The SMILES string of the molecule is COC(=O)COc1ccc(CN2CCCCC2C(=O)OC(C)(C)C)cc1[N+](=O)[O-]. The summed E-state index contributed by atoms with van der Waals surface area (Å²) >= 11 is 0. The van der Waals surface area contributed by atoms with Crippen molar-refractivity contribution >= 4 is 17.6 Å². The number of nitro groups is 1. The average Bonchev–Trinajstić information content (AvgIpc) is 2.65. The lowest BCUT2D eigenvalue weighted by molar-refractivity contribution is -0.385. The standard InChI is InChI=1S/C20H28N2O7/c1-20(2,3)29-19(24)15-7-5-6-10-21(15)12-14-8-9-17(16(11-14)22(25)26)28-13-18(23)27-4/h8-9,11,15H,5-7,10,12-13H2,1-4H3. The van der Waals surface area contributed by atoms with E-state index in [1.165, 1.54) is 19.2 Å². The molecule has 1 aliphatic heterocycles. The Hall–Kier alpha value is -2.68. The first-order valence-corrected chi connectivity index (χ1v) is 9.54. The largest absolute Gasteiger partial charge is 0.475 e. The Balaban J connectivity index is 2.16. The Morgan fingerprint density at radius 3 is 2.62 bits per heavy atom. The number of esters is 2. The van der Waals surface area contributed by atoms with Crippen LogP contribution in [0.2, 0.25) is 0 Å². The zero-order chi connectivity index (χ0) is 21.6. The molecule has 0 amide bonds. The Bertz CT molecular complexity index is 758. The van der Waals surface area contributed by atoms with Crippen molar-refractivity contribution in [3.05, 3.63) is 33.9 Å². The van der Waals surface area contributed by atoms with Crippen molar-refractivity contribution in [2.45, 2.75) is 58.2 Å². The summed E-state index contributed by atoms with van der Waals surface area (Å²) in [5, 5.41) is 11.4. The Morgan fingerprint density at radius 2 is 2.00 bits per heavy atom. The third kappa shape index (κ3) is 6.70. The topological polar surface area (TPSA) is 108 Å². The monoisotopic (exact) mass is 408 g/mol. The minimum atomic E-state index is -0.628. The number of hydrogen-bond acceptors (Lipinski definition) is 8. The second-order valence-electron chi connectivity index (χ2n) is 7.94. The summed E-state index contributed by atoms with van der Waals surface area (Å²) in [4.78, 5) is 36.7. The fourth-order valence-electron chi connectivity index (χ4n) is 3.17. The van der Waals surface area contributed by atoms with Gasteiger partial charge in [-0.1, -0.05) is 12.5 Å². The van der Waals surface area contributed by atoms with Crippen molar-refractivity contribution < 1.29 is 28.7 Å². The molecule has 9 nitrogen and oxygen atoms in total. The van der Waals surface area contributed by atoms with Crippen LogP contribution in [0.1, 0.15) is 45.6 Å². The highest BCUT2D eigenvalue weighted by molar-refractivity contribution is 5.76. The van der Waals surface area contributed by atoms with Gasteiger partial charge in [-0.05, 0) is 51.8 Å². The van der Waals surface area contributed by atoms with Crippen LogP contribution in [0.4, 0.5) is 5.69 Å². The normalized spacial score (nSPS) is 17.4. The molecule has 1 aromatic carbocycles. The summed E-state index contributed by atoms with van der Waals surface area (Å²) in [6.45, 7) is 6.15. The number of piperidine rings is 1. The smallest absolute Gasteiger partial charge is 0.343 e. The van der Waals surface area contributed by atoms with Crippen molar-refractivity contribution in [2.75, 3.05) is 20.3 Å². The third-order valence-corrected chi connectivity index (χ3v) is 4.47. The van der Waals surface area contributed by atoms with Crippen LogP contribution < -0.4 is 4.74 Å². The minimum Gasteiger partial charge on any atom is -0.475 e. The van der Waals surface area contributed by atoms with Crippen molar-refractivity contribution in [3.8, 4) is 5.75 Å². The highest BCUT2D eigenvalue weighted by atomic mass is 16.6. The molecule has 1 unspecified atom stereocenters. The van der Waals surface area contributed by atoms with Crippen LogP contribution in [0, 0.1) is 10.1 Å². The van der Waals surface area contributed by atoms with E-state index >= 15 is 0 Å². The molecule has 0 spiro atoms. The maximum absolute atomic E-state index is 12.6. The van der Waals surface area contributed by atoms with E-state index in [2.05, 4.69) is 4.74 Å². The van der Waals surface area contributed by atoms with E-state index in [0.29, 0.717) is 25.1 Å². The predicted molar refractivity (Wildman–Crippen MR) is 105 cm³/mol. The zero-order valence-corrected chi connectivity index (χ0v) is 17.3. The molecule has 0 bridgehead atoms. The Morgan fingerprint density at radius 1 is 1.28 bits per heavy atom. The minimum absolute atomic E-state index is 0.00788. The first-order chi connectivity index (χ1) is 13.6. The summed E-state index contributed by atoms with van der Waals surface area (Å²) in [5.74, 6) is -0.909. The van der Waals surface area contributed by atoms with E-state index in [-0.39, 0.29) is 23.4 Å². The van der Waals surface area contributed by atoms with Crippen molar-refractivity contribution in [1.82, 2.24) is 4.90 Å². The Kier molecular flexibility index (Phi) is 7.55. The number of nitrogens with zero attached hydrogens (tertiary/aromatic N) is 2. The molecular formula is C20H28N2O7. The predicted octanol–water partition coefficient (Wildman–Crippen LogP) is 2.84. The summed E-state index contributed by atoms with van der Waals surface area (Å²) in [6, 6.07) is 4.19. The zero-order valence-electron chi connectivity index (χ0n) is 17.3. The van der Waals surface area contributed by atoms with Gasteiger partial charge in [0.2, 0.25) is 0 Å². The van der Waals surface area contributed by atoms with E-state index in [0.717, 1.165) is 12.8 Å². The molecular weight excluding hydrogens is 380 g/mol. The molecule has 29 heavy (non-hydrogen) atoms. The fraction of sp³-hybridized carbons (Fsp3) is 0.600. The number of hydrogen-bond donors (Lipinski definition) is 0. The summed E-state index contributed by atoms with van der Waals surface area (Å²) < 4.78 is 15.2. The summed E-state index contributed by atoms with van der Waals surface area (Å²) in [7, 11) is 1.21. The van der Waals surface area contributed by atoms with E-state index in [1.807, 2.05) is 25.7 Å². The number of carbonyl (C=O) groups is 2. The molecule has 0 aliphatic carbocycles. The van der Waals surface area contributed by atoms with Crippen LogP contribution in [0.5, 0.6) is 5.75 Å². The molecule has 1 fully saturated rings. The van der Waals surface area contributed by atoms with Gasteiger partial charge in [-0.15, -0.1) is 0 Å². The van der Waals surface area contributed by atoms with Crippen LogP contribution in [0.15, 0.2) is 18.2 Å². The van der Waals surface area contributed by atoms with Crippen molar-refractivity contribution in [2.24, 2.45) is 0 Å². The molecule has 1 heterocycles. The lowest BCUT2D eigenvalue weighted by Crippen LogP contribution is -2.46. The van der Waals surface area contributed by atoms with Crippen LogP contribution >= 0.6 is 0 Å². The molecule has 160 valence electrons. The highest BCUT2D eigenvalue weighted by Gasteiger charge is 2.32. The van der Waals surface area contributed by atoms with E-state index in [1.54, 1.807) is 6.07 Å². The molecule has 1 aliphatic rings. The van der Waals surface area contributed by atoms with Gasteiger partial charge in [0.15, 0.2) is 12.4 Å². The van der Waals surface area contributed by atoms with Crippen LogP contribution in [-0.4, -0.2) is 53.7 Å². The molecule has 1 saturated heterocycles. The maximum atomic E-state index is 12.6. The molecule has 0 saturated carbocycles. The Labute approximate surface area is 170 Å². The molecule has 2 rings (SSSR count). The second kappa shape index (κ2) is 9.69. The van der Waals surface area contributed by atoms with Gasteiger partial charge in [0.25, 0.3) is 0 Å². The summed E-state index contributed by atoms with van der Waals surface area (Å²) in [6.07, 6.45) is 2.57. The van der Waals surface area contributed by atoms with Crippen LogP contribution in [0.3, 0.4) is 0 Å². The van der Waals surface area contributed by atoms with E-state index < -0.39 is 23.1 Å². The van der Waals surface area contributed by atoms with Gasteiger partial charge >= 0.3 is 17.6 Å². The van der Waals surface area contributed by atoms with Gasteiger partial charge in [-0.3, -0.25) is 19.8 Å². The lowest BCUT2D eigenvalue weighted by Gasteiger charge is -2.35. The number of ether oxygens (including phenoxy) is 3. The van der Waals surface area contributed by atoms with Crippen molar-refractivity contribution in [1.29, 1.82) is 0 Å². The van der Waals surface area contributed by atoms with Crippen LogP contribution in [0.25, 0.3) is 0 Å². The lowest BCUT2D eigenvalue weighted by atomic mass is 10.0. The first-order valence-electron chi connectivity index (χ1n) is 9.54. The maximum Gasteiger partial charge on any atom is 0.343 e. The third-order valence-electron chi connectivity index (χ3n) is 4.47. The van der Waals surface area contributed by atoms with Gasteiger partial charge in [0, 0.05) is 12.6 Å². The molecule has 1 aromatic rings. The number of likely N-dealkylation sites (tertiary alicyclic amines) is 1. The van der Waals surface area contributed by atoms with Gasteiger partial charge in [0.1, 0.15) is 11.6 Å². The molecule has 0 radical (unpaired) electrons. The molecule has 0 N–H and O–H groups in total. The number of nitro benzene ring substituents is 1. The van der Waals surface area contributed by atoms with E-state index in [4.69, 9.17) is 9.47 Å². The number of benzene rings is 1. The van der Waals surface area contributed by atoms with Gasteiger partial charge in [0.05, 0.1) is 12.0 Å². The second-order valence-corrected chi connectivity index (χ2v) is 7.94.